The van der Waals surface area contributed by atoms with Gasteiger partial charge < -0.3 is 20.4 Å². The number of allylic oxidation sites excluding steroid dienone is 1. The molecule has 5 rings (SSSR count). The molecule has 184 valence electrons. The second kappa shape index (κ2) is 11.0. The first kappa shape index (κ1) is 26.3. The van der Waals surface area contributed by atoms with Crippen molar-refractivity contribution in [3.8, 4) is 0 Å². The molecule has 33 heavy (non-hydrogen) atoms. The van der Waals surface area contributed by atoms with E-state index in [1.165, 1.54) is 62.0 Å². The fourth-order valence-corrected chi connectivity index (χ4v) is 5.36. The number of nitrogens with one attached hydrogen (secondary N) is 2. The molecule has 1 aromatic rings. The van der Waals surface area contributed by atoms with Crippen LogP contribution in [0.1, 0.15) is 62.6 Å². The largest absolute Gasteiger partial charge is 0.371 e. The standard InChI is InChI=1S/C26H38N4O.2ClH/c1-17(27-26(31)25-16-20-15-24(20)28-25)23-9-8-22(14-19(23)7-6-18-4-5-18)30(3)21-10-12-29(2)13-11-21;;/h6-9,14,17-18,20-21,24-25,28H,4-5,10-13,15-16H2,1-3H3,(H,27,31);2*1H/b7-6+;;/t17-,20+,24+,25-;;/m0../s1. The average Bonchev–Trinajstić information content (AvgIpc) is 3.70. The summed E-state index contributed by atoms with van der Waals surface area (Å²) in [5.41, 5.74) is 3.75. The summed E-state index contributed by atoms with van der Waals surface area (Å²) in [6.07, 6.45) is 11.9. The third kappa shape index (κ3) is 6.25. The van der Waals surface area contributed by atoms with Gasteiger partial charge in [0.15, 0.2) is 0 Å². The Balaban J connectivity index is 0.00000153. The molecule has 5 nitrogen and oxygen atoms in total. The molecule has 4 aliphatic rings. The molecule has 1 amide bonds. The van der Waals surface area contributed by atoms with Crippen LogP contribution in [-0.2, 0) is 4.79 Å². The summed E-state index contributed by atoms with van der Waals surface area (Å²) in [6, 6.07) is 8.00. The molecule has 4 fully saturated rings. The number of nitrogens with zero attached hydrogens (tertiary/aromatic N) is 2. The van der Waals surface area contributed by atoms with Crippen molar-refractivity contribution in [3.05, 3.63) is 35.4 Å². The predicted molar refractivity (Wildman–Crippen MR) is 142 cm³/mol. The molecule has 2 aliphatic heterocycles. The van der Waals surface area contributed by atoms with Gasteiger partial charge in [0.05, 0.1) is 12.1 Å². The Kier molecular flexibility index (Phi) is 8.77. The highest BCUT2D eigenvalue weighted by Gasteiger charge is 2.47. The Morgan fingerprint density at radius 2 is 1.91 bits per heavy atom. The van der Waals surface area contributed by atoms with Crippen molar-refractivity contribution in [3.63, 3.8) is 0 Å². The third-order valence-electron chi connectivity index (χ3n) is 7.90. The zero-order valence-electron chi connectivity index (χ0n) is 20.1. The number of carbonyl (C=O) groups excluding carboxylic acids is 1. The van der Waals surface area contributed by atoms with Crippen LogP contribution in [0.4, 0.5) is 5.69 Å². The Labute approximate surface area is 211 Å². The topological polar surface area (TPSA) is 47.6 Å². The molecule has 0 radical (unpaired) electrons. The minimum Gasteiger partial charge on any atom is -0.371 e. The highest BCUT2D eigenvalue weighted by atomic mass is 35.5. The molecule has 2 N–H and O–H groups in total. The van der Waals surface area contributed by atoms with E-state index in [9.17, 15) is 4.79 Å². The Morgan fingerprint density at radius 3 is 2.55 bits per heavy atom. The lowest BCUT2D eigenvalue weighted by Gasteiger charge is -2.36. The van der Waals surface area contributed by atoms with Gasteiger partial charge in [-0.15, -0.1) is 24.8 Å². The summed E-state index contributed by atoms with van der Waals surface area (Å²) in [4.78, 5) is 17.7. The quantitative estimate of drug-likeness (QED) is 0.589. The number of carbonyl (C=O) groups is 1. The Bertz CT molecular complexity index is 841. The van der Waals surface area contributed by atoms with E-state index in [1.807, 2.05) is 0 Å². The first-order chi connectivity index (χ1) is 15.0. The van der Waals surface area contributed by atoms with Crippen molar-refractivity contribution in [2.24, 2.45) is 11.8 Å². The number of halogens is 2. The van der Waals surface area contributed by atoms with Crippen molar-refractivity contribution in [2.45, 2.75) is 69.6 Å². The molecule has 2 heterocycles. The highest BCUT2D eigenvalue weighted by molar-refractivity contribution is 5.85. The van der Waals surface area contributed by atoms with Crippen LogP contribution in [0, 0.1) is 11.8 Å². The SMILES string of the molecule is C[C@H](NC(=O)[C@@H]1C[C@H]2C[C@H]2N1)c1ccc(N(C)C2CCN(C)CC2)cc1/C=C/C1CC1.Cl.Cl. The molecule has 0 unspecified atom stereocenters. The van der Waals surface area contributed by atoms with E-state index in [4.69, 9.17) is 0 Å². The molecule has 2 saturated heterocycles. The highest BCUT2D eigenvalue weighted by Crippen LogP contribution is 2.41. The average molecular weight is 496 g/mol. The molecule has 2 saturated carbocycles. The summed E-state index contributed by atoms with van der Waals surface area (Å²) in [5, 5.41) is 6.76. The van der Waals surface area contributed by atoms with Crippen molar-refractivity contribution in [2.75, 3.05) is 32.1 Å². The van der Waals surface area contributed by atoms with Crippen LogP contribution < -0.4 is 15.5 Å². The molecule has 1 aromatic carbocycles. The third-order valence-corrected chi connectivity index (χ3v) is 7.90. The Morgan fingerprint density at radius 1 is 1.18 bits per heavy atom. The molecule has 0 aromatic heterocycles. The normalized spacial score (nSPS) is 27.9. The van der Waals surface area contributed by atoms with E-state index >= 15 is 0 Å². The fraction of sp³-hybridized carbons (Fsp3) is 0.654. The number of likely N-dealkylation sites (tertiary alicyclic amines) is 1. The number of benzene rings is 1. The van der Waals surface area contributed by atoms with Gasteiger partial charge >= 0.3 is 0 Å². The van der Waals surface area contributed by atoms with Crippen molar-refractivity contribution >= 4 is 42.5 Å². The van der Waals surface area contributed by atoms with E-state index < -0.39 is 0 Å². The molecule has 0 bridgehead atoms. The van der Waals surface area contributed by atoms with Crippen LogP contribution in [0.3, 0.4) is 0 Å². The number of anilines is 1. The van der Waals surface area contributed by atoms with Crippen molar-refractivity contribution in [1.29, 1.82) is 0 Å². The molecule has 7 heteroatoms. The van der Waals surface area contributed by atoms with Gasteiger partial charge in [-0.25, -0.2) is 0 Å². The first-order valence-electron chi connectivity index (χ1n) is 12.3. The molecule has 2 aliphatic carbocycles. The smallest absolute Gasteiger partial charge is 0.237 e. The summed E-state index contributed by atoms with van der Waals surface area (Å²) in [6.45, 7) is 4.46. The van der Waals surface area contributed by atoms with Crippen molar-refractivity contribution < 1.29 is 4.79 Å². The fourth-order valence-electron chi connectivity index (χ4n) is 5.36. The number of hydrogen-bond acceptors (Lipinski definition) is 4. The molecular weight excluding hydrogens is 455 g/mol. The van der Waals surface area contributed by atoms with Crippen LogP contribution >= 0.6 is 24.8 Å². The maximum atomic E-state index is 12.8. The van der Waals surface area contributed by atoms with E-state index in [-0.39, 0.29) is 42.8 Å². The predicted octanol–water partition coefficient (Wildman–Crippen LogP) is 4.41. The van der Waals surface area contributed by atoms with Gasteiger partial charge in [-0.3, -0.25) is 4.79 Å². The summed E-state index contributed by atoms with van der Waals surface area (Å²) in [7, 11) is 4.45. The van der Waals surface area contributed by atoms with Crippen LogP contribution in [-0.4, -0.2) is 56.1 Å². The van der Waals surface area contributed by atoms with Gasteiger partial charge in [0, 0.05) is 24.8 Å². The van der Waals surface area contributed by atoms with E-state index in [0.717, 1.165) is 18.3 Å². The number of fused-ring (bicyclic) bond motifs is 1. The van der Waals surface area contributed by atoms with Crippen molar-refractivity contribution in [1.82, 2.24) is 15.5 Å². The minimum atomic E-state index is -0.00787. The van der Waals surface area contributed by atoms with Crippen LogP contribution in [0.5, 0.6) is 0 Å². The zero-order valence-corrected chi connectivity index (χ0v) is 21.8. The van der Waals surface area contributed by atoms with Gasteiger partial charge in [-0.05, 0) is 101 Å². The maximum absolute atomic E-state index is 12.8. The van der Waals surface area contributed by atoms with Gasteiger partial charge in [-0.1, -0.05) is 18.2 Å². The monoisotopic (exact) mass is 494 g/mol. The number of rotatable bonds is 7. The van der Waals surface area contributed by atoms with Crippen LogP contribution in [0.25, 0.3) is 6.08 Å². The number of piperidine rings is 2. The first-order valence-corrected chi connectivity index (χ1v) is 12.3. The lowest BCUT2D eigenvalue weighted by Crippen LogP contribution is -2.43. The summed E-state index contributed by atoms with van der Waals surface area (Å²) < 4.78 is 0. The molecule has 0 spiro atoms. The van der Waals surface area contributed by atoms with Gasteiger partial charge in [0.2, 0.25) is 5.91 Å². The molecule has 4 atom stereocenters. The summed E-state index contributed by atoms with van der Waals surface area (Å²) >= 11 is 0. The van der Waals surface area contributed by atoms with E-state index in [0.29, 0.717) is 12.1 Å². The van der Waals surface area contributed by atoms with Gasteiger partial charge in [0.25, 0.3) is 0 Å². The van der Waals surface area contributed by atoms with E-state index in [1.54, 1.807) is 0 Å². The van der Waals surface area contributed by atoms with Gasteiger partial charge in [-0.2, -0.15) is 0 Å². The lowest BCUT2D eigenvalue weighted by molar-refractivity contribution is -0.123. The van der Waals surface area contributed by atoms with Crippen LogP contribution in [0.2, 0.25) is 0 Å². The molecular formula is C26H40Cl2N4O. The second-order valence-corrected chi connectivity index (χ2v) is 10.4. The second-order valence-electron chi connectivity index (χ2n) is 10.4. The maximum Gasteiger partial charge on any atom is 0.237 e. The van der Waals surface area contributed by atoms with Crippen LogP contribution in [0.15, 0.2) is 24.3 Å². The number of amides is 1. The zero-order chi connectivity index (χ0) is 21.5. The van der Waals surface area contributed by atoms with Gasteiger partial charge in [0.1, 0.15) is 0 Å². The summed E-state index contributed by atoms with van der Waals surface area (Å²) in [5.74, 6) is 1.63. The minimum absolute atomic E-state index is 0. The van der Waals surface area contributed by atoms with E-state index in [2.05, 4.69) is 71.8 Å². The lowest BCUT2D eigenvalue weighted by atomic mass is 9.97. The Hall–Kier alpha value is -1.27. The number of hydrogen-bond donors (Lipinski definition) is 2.